The number of hydrogen-bond donors (Lipinski definition) is 1. The molecule has 8 nitrogen and oxygen atoms in total. The summed E-state index contributed by atoms with van der Waals surface area (Å²) in [7, 11) is 0. The SMILES string of the molecule is O=C(Cn1c(=O)n(CC2CCCO2)c(=O)c2sc3ncccc3c21)NCCCc1ccccc1. The zero-order valence-corrected chi connectivity index (χ0v) is 19.6. The van der Waals surface area contributed by atoms with Crippen molar-refractivity contribution < 1.29 is 9.53 Å². The summed E-state index contributed by atoms with van der Waals surface area (Å²) < 4.78 is 8.73. The van der Waals surface area contributed by atoms with E-state index in [-0.39, 0.29) is 30.7 Å². The third-order valence-corrected chi connectivity index (χ3v) is 7.22. The number of pyridine rings is 1. The van der Waals surface area contributed by atoms with Gasteiger partial charge in [-0.15, -0.1) is 11.3 Å². The Morgan fingerprint density at radius 3 is 2.79 bits per heavy atom. The zero-order chi connectivity index (χ0) is 23.5. The average molecular weight is 479 g/mol. The number of nitrogens with one attached hydrogen (secondary N) is 1. The number of amides is 1. The predicted molar refractivity (Wildman–Crippen MR) is 132 cm³/mol. The monoisotopic (exact) mass is 478 g/mol. The van der Waals surface area contributed by atoms with Gasteiger partial charge in [0.05, 0.1) is 18.2 Å². The topological polar surface area (TPSA) is 95.2 Å². The van der Waals surface area contributed by atoms with Crippen LogP contribution in [0.3, 0.4) is 0 Å². The van der Waals surface area contributed by atoms with Gasteiger partial charge >= 0.3 is 5.69 Å². The second kappa shape index (κ2) is 9.90. The minimum atomic E-state index is -0.490. The summed E-state index contributed by atoms with van der Waals surface area (Å²) in [5.41, 5.74) is 0.855. The van der Waals surface area contributed by atoms with E-state index < -0.39 is 5.69 Å². The number of carbonyl (C=O) groups excluding carboxylic acids is 1. The fraction of sp³-hybridized carbons (Fsp3) is 0.360. The van der Waals surface area contributed by atoms with E-state index in [2.05, 4.69) is 22.4 Å². The number of carbonyl (C=O) groups is 1. The molecule has 3 aromatic heterocycles. The lowest BCUT2D eigenvalue weighted by Crippen LogP contribution is -2.44. The smallest absolute Gasteiger partial charge is 0.332 e. The van der Waals surface area contributed by atoms with Gasteiger partial charge in [0, 0.05) is 24.7 Å². The van der Waals surface area contributed by atoms with Crippen LogP contribution in [0, 0.1) is 0 Å². The van der Waals surface area contributed by atoms with Crippen LogP contribution in [0.15, 0.2) is 58.3 Å². The molecule has 1 N–H and O–H groups in total. The fourth-order valence-corrected chi connectivity index (χ4v) is 5.54. The predicted octanol–water partition coefficient (Wildman–Crippen LogP) is 2.70. The molecular formula is C25H26N4O4S. The second-order valence-corrected chi connectivity index (χ2v) is 9.49. The summed E-state index contributed by atoms with van der Waals surface area (Å²) in [5.74, 6) is -0.262. The highest BCUT2D eigenvalue weighted by Gasteiger charge is 2.23. The van der Waals surface area contributed by atoms with Crippen LogP contribution in [0.4, 0.5) is 0 Å². The Hall–Kier alpha value is -3.30. The molecule has 0 bridgehead atoms. The van der Waals surface area contributed by atoms with Crippen molar-refractivity contribution in [2.24, 2.45) is 0 Å². The number of nitrogens with zero attached hydrogens (tertiary/aromatic N) is 3. The van der Waals surface area contributed by atoms with Gasteiger partial charge in [0.1, 0.15) is 16.1 Å². The lowest BCUT2D eigenvalue weighted by molar-refractivity contribution is -0.121. The van der Waals surface area contributed by atoms with Gasteiger partial charge in [-0.05, 0) is 43.4 Å². The van der Waals surface area contributed by atoms with Gasteiger partial charge in [-0.3, -0.25) is 18.7 Å². The lowest BCUT2D eigenvalue weighted by atomic mass is 10.1. The van der Waals surface area contributed by atoms with Crippen LogP contribution in [0.5, 0.6) is 0 Å². The highest BCUT2D eigenvalue weighted by Crippen LogP contribution is 2.29. The molecule has 1 fully saturated rings. The summed E-state index contributed by atoms with van der Waals surface area (Å²) in [6, 6.07) is 13.7. The second-order valence-electron chi connectivity index (χ2n) is 8.49. The first kappa shape index (κ1) is 22.5. The van der Waals surface area contributed by atoms with E-state index >= 15 is 0 Å². The molecule has 0 radical (unpaired) electrons. The summed E-state index contributed by atoms with van der Waals surface area (Å²) >= 11 is 1.25. The molecule has 1 aromatic carbocycles. The van der Waals surface area contributed by atoms with Gasteiger partial charge in [-0.25, -0.2) is 9.78 Å². The fourth-order valence-electron chi connectivity index (χ4n) is 4.45. The Morgan fingerprint density at radius 1 is 1.15 bits per heavy atom. The van der Waals surface area contributed by atoms with Gasteiger partial charge in [0.25, 0.3) is 5.56 Å². The average Bonchev–Trinajstić information content (AvgIpc) is 3.51. The first-order valence-electron chi connectivity index (χ1n) is 11.5. The molecule has 4 aromatic rings. The highest BCUT2D eigenvalue weighted by atomic mass is 32.1. The normalized spacial score (nSPS) is 15.8. The molecule has 1 unspecified atom stereocenters. The van der Waals surface area contributed by atoms with Crippen LogP contribution >= 0.6 is 11.3 Å². The van der Waals surface area contributed by atoms with Crippen LogP contribution in [0.1, 0.15) is 24.8 Å². The minimum Gasteiger partial charge on any atom is -0.376 e. The van der Waals surface area contributed by atoms with E-state index in [0.29, 0.717) is 33.6 Å². The van der Waals surface area contributed by atoms with Gasteiger partial charge in [-0.1, -0.05) is 30.3 Å². The van der Waals surface area contributed by atoms with E-state index in [4.69, 9.17) is 4.74 Å². The number of fused-ring (bicyclic) bond motifs is 3. The van der Waals surface area contributed by atoms with Gasteiger partial charge in [-0.2, -0.15) is 0 Å². The van der Waals surface area contributed by atoms with Crippen molar-refractivity contribution >= 4 is 37.7 Å². The lowest BCUT2D eigenvalue weighted by Gasteiger charge is -2.15. The molecule has 0 aliphatic carbocycles. The Balaban J connectivity index is 1.43. The summed E-state index contributed by atoms with van der Waals surface area (Å²) in [4.78, 5) is 44.6. The third kappa shape index (κ3) is 4.53. The van der Waals surface area contributed by atoms with Crippen molar-refractivity contribution in [3.63, 3.8) is 0 Å². The number of thiophene rings is 1. The minimum absolute atomic E-state index is 0.160. The number of rotatable bonds is 8. The Kier molecular flexibility index (Phi) is 6.55. The molecule has 1 aliphatic heterocycles. The van der Waals surface area contributed by atoms with E-state index in [9.17, 15) is 14.4 Å². The molecule has 1 amide bonds. The van der Waals surface area contributed by atoms with Gasteiger partial charge in [0.2, 0.25) is 5.91 Å². The number of benzene rings is 1. The molecule has 5 rings (SSSR count). The maximum Gasteiger partial charge on any atom is 0.332 e. The van der Waals surface area contributed by atoms with E-state index in [0.717, 1.165) is 25.7 Å². The first-order chi connectivity index (χ1) is 16.6. The van der Waals surface area contributed by atoms with Crippen molar-refractivity contribution in [1.82, 2.24) is 19.4 Å². The third-order valence-electron chi connectivity index (χ3n) is 6.13. The van der Waals surface area contributed by atoms with Gasteiger partial charge in [0.15, 0.2) is 0 Å². The van der Waals surface area contributed by atoms with Crippen LogP contribution in [0.25, 0.3) is 20.4 Å². The Bertz CT molecular complexity index is 1430. The Labute approximate surface area is 199 Å². The molecule has 0 spiro atoms. The molecule has 1 aliphatic rings. The van der Waals surface area contributed by atoms with Crippen molar-refractivity contribution in [2.75, 3.05) is 13.2 Å². The highest BCUT2D eigenvalue weighted by molar-refractivity contribution is 7.25. The summed E-state index contributed by atoms with van der Waals surface area (Å²) in [6.07, 6.45) is 4.86. The molecule has 9 heteroatoms. The van der Waals surface area contributed by atoms with Crippen LogP contribution < -0.4 is 16.6 Å². The van der Waals surface area contributed by atoms with Crippen molar-refractivity contribution in [2.45, 2.75) is 44.9 Å². The molecule has 1 saturated heterocycles. The van der Waals surface area contributed by atoms with E-state index in [1.165, 1.54) is 26.0 Å². The standard InChI is InChI=1S/C25H26N4O4S/c30-20(26-12-4-9-17-7-2-1-3-8-17)16-28-21-19-11-5-13-27-23(19)34-22(21)24(31)29(25(28)32)15-18-10-6-14-33-18/h1-3,5,7-8,11,13,18H,4,6,9-10,12,14-16H2,(H,26,30). The number of aromatic nitrogens is 3. The molecule has 1 atom stereocenters. The van der Waals surface area contributed by atoms with Crippen LogP contribution in [-0.2, 0) is 29.0 Å². The maximum absolute atomic E-state index is 13.5. The van der Waals surface area contributed by atoms with Crippen molar-refractivity contribution in [3.8, 4) is 0 Å². The quantitative estimate of drug-likeness (QED) is 0.393. The zero-order valence-electron chi connectivity index (χ0n) is 18.7. The Morgan fingerprint density at radius 2 is 2.00 bits per heavy atom. The summed E-state index contributed by atoms with van der Waals surface area (Å²) in [5, 5.41) is 3.62. The number of aryl methyl sites for hydroxylation is 1. The van der Waals surface area contributed by atoms with E-state index in [1.54, 1.807) is 12.3 Å². The molecule has 176 valence electrons. The molecule has 34 heavy (non-hydrogen) atoms. The summed E-state index contributed by atoms with van der Waals surface area (Å²) in [6.45, 7) is 1.17. The van der Waals surface area contributed by atoms with Crippen molar-refractivity contribution in [1.29, 1.82) is 0 Å². The largest absolute Gasteiger partial charge is 0.376 e. The number of ether oxygens (including phenoxy) is 1. The van der Waals surface area contributed by atoms with Crippen LogP contribution in [0.2, 0.25) is 0 Å². The maximum atomic E-state index is 13.5. The molecule has 0 saturated carbocycles. The van der Waals surface area contributed by atoms with Crippen molar-refractivity contribution in [3.05, 3.63) is 75.1 Å². The number of hydrogen-bond acceptors (Lipinski definition) is 6. The van der Waals surface area contributed by atoms with E-state index in [1.807, 2.05) is 24.3 Å². The molecular weight excluding hydrogens is 452 g/mol. The van der Waals surface area contributed by atoms with Crippen LogP contribution in [-0.4, -0.2) is 39.3 Å². The first-order valence-corrected chi connectivity index (χ1v) is 12.4. The van der Waals surface area contributed by atoms with Gasteiger partial charge < -0.3 is 10.1 Å². The molecule has 4 heterocycles.